The number of hydrogen-bond acceptors (Lipinski definition) is 4. The summed E-state index contributed by atoms with van der Waals surface area (Å²) < 4.78 is 19.5. The van der Waals surface area contributed by atoms with Crippen LogP contribution >= 0.6 is 0 Å². The summed E-state index contributed by atoms with van der Waals surface area (Å²) in [5.74, 6) is -0.819. The van der Waals surface area contributed by atoms with Gasteiger partial charge in [0.15, 0.2) is 0 Å². The molecule has 0 saturated heterocycles. The van der Waals surface area contributed by atoms with Crippen LogP contribution in [0.25, 0.3) is 11.0 Å². The van der Waals surface area contributed by atoms with Gasteiger partial charge in [-0.2, -0.15) is 0 Å². The molecule has 0 saturated carbocycles. The summed E-state index contributed by atoms with van der Waals surface area (Å²) in [5.41, 5.74) is 0.784. The van der Waals surface area contributed by atoms with E-state index in [2.05, 4.69) is 10.3 Å². The van der Waals surface area contributed by atoms with Gasteiger partial charge >= 0.3 is 0 Å². The van der Waals surface area contributed by atoms with E-state index in [0.29, 0.717) is 24.2 Å². The van der Waals surface area contributed by atoms with Crippen LogP contribution in [0.4, 0.5) is 4.39 Å². The highest BCUT2D eigenvalue weighted by atomic mass is 19.1. The zero-order chi connectivity index (χ0) is 18.5. The van der Waals surface area contributed by atoms with Crippen molar-refractivity contribution in [1.29, 1.82) is 0 Å². The maximum Gasteiger partial charge on any atom is 0.265 e. The molecule has 0 aliphatic rings. The maximum absolute atomic E-state index is 13.1. The number of benzene rings is 1. The lowest BCUT2D eigenvalue weighted by molar-refractivity contribution is 0.0935. The molecule has 6 nitrogen and oxygen atoms in total. The Bertz CT molecular complexity index is 983. The second-order valence-electron chi connectivity index (χ2n) is 5.74. The Kier molecular flexibility index (Phi) is 5.38. The third-order valence-corrected chi connectivity index (χ3v) is 3.94. The minimum Gasteiger partial charge on any atom is -0.383 e. The first-order valence-corrected chi connectivity index (χ1v) is 8.10. The largest absolute Gasteiger partial charge is 0.383 e. The van der Waals surface area contributed by atoms with Gasteiger partial charge in [-0.05, 0) is 35.9 Å². The quantitative estimate of drug-likeness (QED) is 0.686. The highest BCUT2D eigenvalue weighted by Gasteiger charge is 2.16. The van der Waals surface area contributed by atoms with E-state index in [-0.39, 0.29) is 17.9 Å². The maximum atomic E-state index is 13.1. The van der Waals surface area contributed by atoms with Gasteiger partial charge in [0.05, 0.1) is 13.2 Å². The topological polar surface area (TPSA) is 73.2 Å². The smallest absolute Gasteiger partial charge is 0.265 e. The molecule has 0 unspecified atom stereocenters. The highest BCUT2D eigenvalue weighted by Crippen LogP contribution is 2.13. The van der Waals surface area contributed by atoms with E-state index < -0.39 is 11.5 Å². The lowest BCUT2D eigenvalue weighted by atomic mass is 10.1. The van der Waals surface area contributed by atoms with Crippen LogP contribution in [0.1, 0.15) is 15.9 Å². The summed E-state index contributed by atoms with van der Waals surface area (Å²) in [6, 6.07) is 10.9. The molecule has 1 amide bonds. The number of ether oxygens (including phenoxy) is 1. The van der Waals surface area contributed by atoms with Gasteiger partial charge in [-0.1, -0.05) is 12.1 Å². The van der Waals surface area contributed by atoms with Gasteiger partial charge in [-0.15, -0.1) is 0 Å². The van der Waals surface area contributed by atoms with Crippen molar-refractivity contribution in [3.05, 3.63) is 76.0 Å². The van der Waals surface area contributed by atoms with E-state index in [9.17, 15) is 14.0 Å². The third kappa shape index (κ3) is 3.78. The number of carbonyl (C=O) groups is 1. The van der Waals surface area contributed by atoms with Crippen LogP contribution in [-0.4, -0.2) is 35.7 Å². The molecule has 0 atom stereocenters. The number of carbonyl (C=O) groups excluding carboxylic acids is 1. The van der Waals surface area contributed by atoms with E-state index in [0.717, 1.165) is 5.56 Å². The van der Waals surface area contributed by atoms with Crippen LogP contribution < -0.4 is 10.9 Å². The summed E-state index contributed by atoms with van der Waals surface area (Å²) in [4.78, 5) is 29.5. The normalized spacial score (nSPS) is 10.8. The van der Waals surface area contributed by atoms with Crippen molar-refractivity contribution in [2.75, 3.05) is 20.3 Å². The van der Waals surface area contributed by atoms with Crippen molar-refractivity contribution in [3.8, 4) is 0 Å². The van der Waals surface area contributed by atoms with E-state index in [1.54, 1.807) is 30.5 Å². The van der Waals surface area contributed by atoms with Crippen molar-refractivity contribution in [3.63, 3.8) is 0 Å². The molecule has 3 aromatic rings. The van der Waals surface area contributed by atoms with Gasteiger partial charge < -0.3 is 10.1 Å². The number of halogens is 1. The molecule has 0 aliphatic heterocycles. The summed E-state index contributed by atoms with van der Waals surface area (Å²) in [6.07, 6.45) is 1.58. The van der Waals surface area contributed by atoms with Crippen LogP contribution in [0.15, 0.2) is 53.5 Å². The molecule has 0 radical (unpaired) electrons. The Hall–Kier alpha value is -3.06. The first kappa shape index (κ1) is 17.8. The molecule has 2 aromatic heterocycles. The van der Waals surface area contributed by atoms with Gasteiger partial charge in [0, 0.05) is 25.2 Å². The fraction of sp³-hybridized carbons (Fsp3) is 0.211. The van der Waals surface area contributed by atoms with Crippen LogP contribution in [0.2, 0.25) is 0 Å². The van der Waals surface area contributed by atoms with E-state index in [1.165, 1.54) is 29.9 Å². The predicted octanol–water partition coefficient (Wildman–Crippen LogP) is 1.96. The summed E-state index contributed by atoms with van der Waals surface area (Å²) in [7, 11) is 1.53. The van der Waals surface area contributed by atoms with Crippen LogP contribution in [0.3, 0.4) is 0 Å². The Morgan fingerprint density at radius 2 is 2.04 bits per heavy atom. The molecule has 3 rings (SSSR count). The van der Waals surface area contributed by atoms with Crippen molar-refractivity contribution >= 4 is 16.9 Å². The Morgan fingerprint density at radius 3 is 2.77 bits per heavy atom. The number of nitrogens with zero attached hydrogens (tertiary/aromatic N) is 2. The van der Waals surface area contributed by atoms with Gasteiger partial charge in [-0.3, -0.25) is 14.2 Å². The average molecular weight is 355 g/mol. The molecule has 1 N–H and O–H groups in total. The van der Waals surface area contributed by atoms with E-state index >= 15 is 0 Å². The van der Waals surface area contributed by atoms with Crippen molar-refractivity contribution in [2.24, 2.45) is 0 Å². The monoisotopic (exact) mass is 355 g/mol. The second-order valence-corrected chi connectivity index (χ2v) is 5.74. The standard InChI is InChI=1S/C19H18FN3O3/c1-26-10-9-22-18(24)16-11-14-3-2-8-21-17(14)23(19(16)25)12-13-4-6-15(20)7-5-13/h2-8,11H,9-10,12H2,1H3,(H,22,24). The summed E-state index contributed by atoms with van der Waals surface area (Å²) in [5, 5.41) is 3.33. The number of aromatic nitrogens is 2. The SMILES string of the molecule is COCCNC(=O)c1cc2cccnc2n(Cc2ccc(F)cc2)c1=O. The minimum absolute atomic E-state index is 0.0312. The molecular formula is C19H18FN3O3. The number of methoxy groups -OCH3 is 1. The van der Waals surface area contributed by atoms with Gasteiger partial charge in [-0.25, -0.2) is 9.37 Å². The number of hydrogen-bond donors (Lipinski definition) is 1. The first-order valence-electron chi connectivity index (χ1n) is 8.10. The molecular weight excluding hydrogens is 337 g/mol. The molecule has 0 aliphatic carbocycles. The zero-order valence-electron chi connectivity index (χ0n) is 14.2. The lowest BCUT2D eigenvalue weighted by Gasteiger charge is -2.12. The summed E-state index contributed by atoms with van der Waals surface area (Å²) >= 11 is 0. The van der Waals surface area contributed by atoms with E-state index in [4.69, 9.17) is 4.74 Å². The number of nitrogens with one attached hydrogen (secondary N) is 1. The lowest BCUT2D eigenvalue weighted by Crippen LogP contribution is -2.35. The van der Waals surface area contributed by atoms with Crippen LogP contribution in [-0.2, 0) is 11.3 Å². The van der Waals surface area contributed by atoms with Gasteiger partial charge in [0.2, 0.25) is 0 Å². The Morgan fingerprint density at radius 1 is 1.27 bits per heavy atom. The second kappa shape index (κ2) is 7.88. The number of pyridine rings is 2. The average Bonchev–Trinajstić information content (AvgIpc) is 2.65. The molecule has 26 heavy (non-hydrogen) atoms. The highest BCUT2D eigenvalue weighted by molar-refractivity contribution is 5.96. The molecule has 0 fully saturated rings. The number of amides is 1. The predicted molar refractivity (Wildman–Crippen MR) is 95.7 cm³/mol. The first-order chi connectivity index (χ1) is 12.6. The molecule has 2 heterocycles. The molecule has 134 valence electrons. The molecule has 7 heteroatoms. The number of rotatable bonds is 6. The molecule has 0 bridgehead atoms. The van der Waals surface area contributed by atoms with Crippen molar-refractivity contribution < 1.29 is 13.9 Å². The van der Waals surface area contributed by atoms with E-state index in [1.807, 2.05) is 0 Å². The van der Waals surface area contributed by atoms with Crippen molar-refractivity contribution in [2.45, 2.75) is 6.54 Å². The van der Waals surface area contributed by atoms with Gasteiger partial charge in [0.1, 0.15) is 17.0 Å². The Labute approximate surface area is 149 Å². The summed E-state index contributed by atoms with van der Waals surface area (Å²) in [6.45, 7) is 0.842. The van der Waals surface area contributed by atoms with Crippen LogP contribution in [0, 0.1) is 5.82 Å². The molecule has 1 aromatic carbocycles. The zero-order valence-corrected chi connectivity index (χ0v) is 14.2. The fourth-order valence-electron chi connectivity index (χ4n) is 2.65. The van der Waals surface area contributed by atoms with Gasteiger partial charge in [0.25, 0.3) is 11.5 Å². The van der Waals surface area contributed by atoms with Crippen LogP contribution in [0.5, 0.6) is 0 Å². The number of fused-ring (bicyclic) bond motifs is 1. The van der Waals surface area contributed by atoms with Crippen molar-refractivity contribution in [1.82, 2.24) is 14.9 Å². The minimum atomic E-state index is -0.467. The molecule has 0 spiro atoms. The third-order valence-electron chi connectivity index (χ3n) is 3.94. The Balaban J connectivity index is 2.05. The fourth-order valence-corrected chi connectivity index (χ4v) is 2.65.